The second-order valence-electron chi connectivity index (χ2n) is 9.59. The fourth-order valence-corrected chi connectivity index (χ4v) is 4.66. The predicted molar refractivity (Wildman–Crippen MR) is 137 cm³/mol. The summed E-state index contributed by atoms with van der Waals surface area (Å²) in [6.07, 6.45) is 2.44. The highest BCUT2D eigenvalue weighted by atomic mass is 16.5. The van der Waals surface area contributed by atoms with Crippen molar-refractivity contribution in [1.29, 1.82) is 0 Å². The van der Waals surface area contributed by atoms with Crippen molar-refractivity contribution in [2.24, 2.45) is 0 Å². The number of carboxylic acid groups (broad SMARTS) is 1. The van der Waals surface area contributed by atoms with Gasteiger partial charge in [-0.3, -0.25) is 4.79 Å². The summed E-state index contributed by atoms with van der Waals surface area (Å²) < 4.78 is 5.74. The molecule has 0 saturated heterocycles. The fraction of sp³-hybridized carbons (Fsp3) is 0.267. The minimum absolute atomic E-state index is 0.669. The minimum Gasteiger partial charge on any atom is -0.481 e. The van der Waals surface area contributed by atoms with Crippen molar-refractivity contribution >= 4 is 5.97 Å². The minimum atomic E-state index is -0.724. The Bertz CT molecular complexity index is 1300. The molecule has 35 heavy (non-hydrogen) atoms. The van der Waals surface area contributed by atoms with E-state index in [1.807, 2.05) is 37.3 Å². The van der Waals surface area contributed by atoms with Crippen molar-refractivity contribution in [2.75, 3.05) is 13.6 Å². The Morgan fingerprint density at radius 2 is 1.54 bits per heavy atom. The zero-order chi connectivity index (χ0) is 24.4. The second-order valence-corrected chi connectivity index (χ2v) is 9.59. The van der Waals surface area contributed by atoms with Gasteiger partial charge in [0.15, 0.2) is 5.76 Å². The highest BCUT2D eigenvalue weighted by molar-refractivity contribution is 5.85. The lowest BCUT2D eigenvalue weighted by molar-refractivity contribution is -0.140. The van der Waals surface area contributed by atoms with E-state index in [1.54, 1.807) is 0 Å². The van der Waals surface area contributed by atoms with Gasteiger partial charge in [0.1, 0.15) is 0 Å². The van der Waals surface area contributed by atoms with E-state index < -0.39 is 11.4 Å². The summed E-state index contributed by atoms with van der Waals surface area (Å²) >= 11 is 0. The maximum atomic E-state index is 11.6. The largest absolute Gasteiger partial charge is 0.481 e. The van der Waals surface area contributed by atoms with Crippen LogP contribution in [0.2, 0.25) is 0 Å². The standard InChI is InChI=1S/C30H30N2O3/c1-21-27(20-32(2)19-16-22-6-4-3-5-7-22)28(35-31-21)25-10-8-23(9-11-25)24-12-14-26(15-13-24)30(17-18-30)29(33)34/h3-15H,16-20H2,1-2H3,(H,33,34). The maximum absolute atomic E-state index is 11.6. The van der Waals surface area contributed by atoms with Crippen LogP contribution in [0.15, 0.2) is 83.4 Å². The van der Waals surface area contributed by atoms with Crippen LogP contribution in [0.1, 0.15) is 35.2 Å². The molecule has 5 heteroatoms. The number of aromatic nitrogens is 1. The number of nitrogens with zero attached hydrogens (tertiary/aromatic N) is 2. The molecular weight excluding hydrogens is 436 g/mol. The maximum Gasteiger partial charge on any atom is 0.314 e. The van der Waals surface area contributed by atoms with Gasteiger partial charge in [-0.05, 0) is 55.5 Å². The molecule has 4 aromatic rings. The molecule has 0 amide bonds. The molecular formula is C30H30N2O3. The first-order chi connectivity index (χ1) is 17.0. The van der Waals surface area contributed by atoms with Crippen LogP contribution in [-0.4, -0.2) is 34.7 Å². The van der Waals surface area contributed by atoms with Gasteiger partial charge in [0, 0.05) is 24.2 Å². The molecule has 0 aliphatic heterocycles. The smallest absolute Gasteiger partial charge is 0.314 e. The van der Waals surface area contributed by atoms with Crippen LogP contribution in [0.4, 0.5) is 0 Å². The Balaban J connectivity index is 1.29. The monoisotopic (exact) mass is 466 g/mol. The summed E-state index contributed by atoms with van der Waals surface area (Å²) in [6.45, 7) is 3.71. The van der Waals surface area contributed by atoms with E-state index in [0.29, 0.717) is 0 Å². The summed E-state index contributed by atoms with van der Waals surface area (Å²) in [5.41, 5.74) is 6.73. The Hall–Kier alpha value is -3.70. The molecule has 0 spiro atoms. The highest BCUT2D eigenvalue weighted by Crippen LogP contribution is 2.48. The van der Waals surface area contributed by atoms with Gasteiger partial charge < -0.3 is 14.5 Å². The Morgan fingerprint density at radius 1 is 0.943 bits per heavy atom. The molecule has 0 radical (unpaired) electrons. The molecule has 1 saturated carbocycles. The number of aliphatic carboxylic acids is 1. The van der Waals surface area contributed by atoms with E-state index in [0.717, 1.165) is 71.6 Å². The molecule has 1 heterocycles. The average Bonchev–Trinajstić information content (AvgIpc) is 3.63. The summed E-state index contributed by atoms with van der Waals surface area (Å²) in [5.74, 6) is 0.0894. The number of aryl methyl sites for hydroxylation is 1. The summed E-state index contributed by atoms with van der Waals surface area (Å²) in [6, 6.07) is 26.7. The number of hydrogen-bond acceptors (Lipinski definition) is 4. The molecule has 1 N–H and O–H groups in total. The molecule has 0 atom stereocenters. The van der Waals surface area contributed by atoms with Crippen molar-refractivity contribution in [2.45, 2.75) is 38.1 Å². The van der Waals surface area contributed by atoms with Gasteiger partial charge in [-0.15, -0.1) is 0 Å². The number of likely N-dealkylation sites (N-methyl/N-ethyl adjacent to an activating group) is 1. The lowest BCUT2D eigenvalue weighted by atomic mass is 9.93. The van der Waals surface area contributed by atoms with Crippen LogP contribution in [0.25, 0.3) is 22.5 Å². The van der Waals surface area contributed by atoms with Gasteiger partial charge in [0.25, 0.3) is 0 Å². The second kappa shape index (κ2) is 9.51. The van der Waals surface area contributed by atoms with Gasteiger partial charge in [-0.2, -0.15) is 0 Å². The molecule has 1 aliphatic carbocycles. The van der Waals surface area contributed by atoms with E-state index in [9.17, 15) is 9.90 Å². The number of carbonyl (C=O) groups is 1. The van der Waals surface area contributed by atoms with E-state index >= 15 is 0 Å². The Kier molecular flexibility index (Phi) is 6.27. The van der Waals surface area contributed by atoms with Gasteiger partial charge in [0.05, 0.1) is 11.1 Å². The quantitative estimate of drug-likeness (QED) is 0.322. The number of carboxylic acids is 1. The van der Waals surface area contributed by atoms with Crippen molar-refractivity contribution < 1.29 is 14.4 Å². The number of hydrogen-bond donors (Lipinski definition) is 1. The molecule has 1 aromatic heterocycles. The summed E-state index contributed by atoms with van der Waals surface area (Å²) in [4.78, 5) is 13.9. The fourth-order valence-electron chi connectivity index (χ4n) is 4.66. The van der Waals surface area contributed by atoms with Gasteiger partial charge >= 0.3 is 5.97 Å². The van der Waals surface area contributed by atoms with Crippen molar-refractivity contribution in [3.05, 3.63) is 101 Å². The van der Waals surface area contributed by atoms with E-state index in [1.165, 1.54) is 5.56 Å². The number of benzene rings is 3. The molecule has 1 fully saturated rings. The van der Waals surface area contributed by atoms with Crippen LogP contribution in [0, 0.1) is 6.92 Å². The topological polar surface area (TPSA) is 66.6 Å². The summed E-state index contributed by atoms with van der Waals surface area (Å²) in [5, 5.41) is 13.8. The molecule has 0 unspecified atom stereocenters. The molecule has 0 bridgehead atoms. The molecule has 5 nitrogen and oxygen atoms in total. The number of rotatable bonds is 9. The molecule has 178 valence electrons. The van der Waals surface area contributed by atoms with Crippen LogP contribution >= 0.6 is 0 Å². The van der Waals surface area contributed by atoms with Crippen molar-refractivity contribution in [3.63, 3.8) is 0 Å². The molecule has 5 rings (SSSR count). The lowest BCUT2D eigenvalue weighted by Crippen LogP contribution is -2.21. The first-order valence-electron chi connectivity index (χ1n) is 12.1. The van der Waals surface area contributed by atoms with Gasteiger partial charge in [-0.1, -0.05) is 84.0 Å². The zero-order valence-electron chi connectivity index (χ0n) is 20.2. The Morgan fingerprint density at radius 3 is 2.14 bits per heavy atom. The third-order valence-corrected chi connectivity index (χ3v) is 7.12. The lowest BCUT2D eigenvalue weighted by Gasteiger charge is -2.17. The van der Waals surface area contributed by atoms with Crippen LogP contribution < -0.4 is 0 Å². The van der Waals surface area contributed by atoms with Crippen LogP contribution in [0.3, 0.4) is 0 Å². The normalized spacial score (nSPS) is 14.3. The molecule has 1 aliphatic rings. The first-order valence-corrected chi connectivity index (χ1v) is 12.1. The first kappa shape index (κ1) is 23.1. The van der Waals surface area contributed by atoms with Crippen molar-refractivity contribution in [1.82, 2.24) is 10.1 Å². The summed E-state index contributed by atoms with van der Waals surface area (Å²) in [7, 11) is 2.13. The van der Waals surface area contributed by atoms with Crippen LogP contribution in [0.5, 0.6) is 0 Å². The third kappa shape index (κ3) is 4.77. The zero-order valence-corrected chi connectivity index (χ0v) is 20.2. The SMILES string of the molecule is Cc1noc(-c2ccc(-c3ccc(C4(C(=O)O)CC4)cc3)cc2)c1CN(C)CCc1ccccc1. The predicted octanol–water partition coefficient (Wildman–Crippen LogP) is 6.11. The van der Waals surface area contributed by atoms with E-state index in [4.69, 9.17) is 4.52 Å². The molecule has 3 aromatic carbocycles. The van der Waals surface area contributed by atoms with Crippen molar-refractivity contribution in [3.8, 4) is 22.5 Å². The van der Waals surface area contributed by atoms with E-state index in [-0.39, 0.29) is 0 Å². The van der Waals surface area contributed by atoms with Gasteiger partial charge in [0.2, 0.25) is 0 Å². The van der Waals surface area contributed by atoms with E-state index in [2.05, 4.69) is 65.6 Å². The van der Waals surface area contributed by atoms with Crippen LogP contribution in [-0.2, 0) is 23.2 Å². The average molecular weight is 467 g/mol. The third-order valence-electron chi connectivity index (χ3n) is 7.12. The highest BCUT2D eigenvalue weighted by Gasteiger charge is 2.51. The van der Waals surface area contributed by atoms with Gasteiger partial charge in [-0.25, -0.2) is 0 Å². The Labute approximate surface area is 206 Å².